The van der Waals surface area contributed by atoms with Crippen LogP contribution in [0.5, 0.6) is 0 Å². The molecule has 0 nitrogen and oxygen atoms in total. The van der Waals surface area contributed by atoms with Crippen LogP contribution in [-0.4, -0.2) is 0 Å². The van der Waals surface area contributed by atoms with Gasteiger partial charge >= 0.3 is 0 Å². The number of hydrogen-bond acceptors (Lipinski definition) is 0. The van der Waals surface area contributed by atoms with Gasteiger partial charge in [-0.05, 0) is 67.2 Å². The molecule has 1 fully saturated rings. The van der Waals surface area contributed by atoms with Crippen molar-refractivity contribution in [3.05, 3.63) is 41.5 Å². The van der Waals surface area contributed by atoms with Gasteiger partial charge in [0.2, 0.25) is 0 Å². The lowest BCUT2D eigenvalue weighted by atomic mass is 9.75. The van der Waals surface area contributed by atoms with Gasteiger partial charge in [-0.15, -0.1) is 0 Å². The van der Waals surface area contributed by atoms with Crippen molar-refractivity contribution >= 4 is 5.57 Å². The Bertz CT molecular complexity index is 447. The van der Waals surface area contributed by atoms with E-state index in [4.69, 9.17) is 0 Å². The Morgan fingerprint density at radius 3 is 2.42 bits per heavy atom. The van der Waals surface area contributed by atoms with Crippen LogP contribution in [0, 0.1) is 19.3 Å². The molecule has 0 aliphatic heterocycles. The van der Waals surface area contributed by atoms with E-state index >= 15 is 0 Å². The molecule has 0 spiro atoms. The summed E-state index contributed by atoms with van der Waals surface area (Å²) in [6.45, 7) is 11.1. The van der Waals surface area contributed by atoms with Crippen molar-refractivity contribution in [2.75, 3.05) is 0 Å². The lowest BCUT2D eigenvalue weighted by molar-refractivity contribution is 0.277. The fraction of sp³-hybridized carbons (Fsp3) is 0.579. The molecule has 0 radical (unpaired) electrons. The Hall–Kier alpha value is -1.04. The standard InChI is InChI=1S/C19H28/c1-5-10-19(11-6-7-12-19)14-17(4)18-9-8-15(2)16(3)13-18/h8-9,13H,4-7,10-12,14H2,1-3H3. The van der Waals surface area contributed by atoms with E-state index in [1.807, 2.05) is 0 Å². The summed E-state index contributed by atoms with van der Waals surface area (Å²) in [5.41, 5.74) is 6.02. The van der Waals surface area contributed by atoms with Gasteiger partial charge in [-0.3, -0.25) is 0 Å². The minimum atomic E-state index is 0.560. The average Bonchev–Trinajstić information content (AvgIpc) is 2.81. The Morgan fingerprint density at radius 1 is 1.16 bits per heavy atom. The van der Waals surface area contributed by atoms with Crippen molar-refractivity contribution in [3.63, 3.8) is 0 Å². The van der Waals surface area contributed by atoms with Crippen LogP contribution < -0.4 is 0 Å². The molecule has 1 aliphatic carbocycles. The van der Waals surface area contributed by atoms with Gasteiger partial charge in [0.25, 0.3) is 0 Å². The predicted molar refractivity (Wildman–Crippen MR) is 85.4 cm³/mol. The Balaban J connectivity index is 2.12. The maximum atomic E-state index is 4.39. The first-order chi connectivity index (χ1) is 9.06. The zero-order valence-electron chi connectivity index (χ0n) is 12.9. The average molecular weight is 256 g/mol. The highest BCUT2D eigenvalue weighted by molar-refractivity contribution is 5.65. The van der Waals surface area contributed by atoms with Gasteiger partial charge in [0.05, 0.1) is 0 Å². The van der Waals surface area contributed by atoms with Gasteiger partial charge in [-0.1, -0.05) is 51.0 Å². The molecule has 0 N–H and O–H groups in total. The summed E-state index contributed by atoms with van der Waals surface area (Å²) >= 11 is 0. The van der Waals surface area contributed by atoms with Crippen LogP contribution in [0.15, 0.2) is 24.8 Å². The van der Waals surface area contributed by atoms with Crippen LogP contribution in [0.4, 0.5) is 0 Å². The molecule has 104 valence electrons. The monoisotopic (exact) mass is 256 g/mol. The maximum Gasteiger partial charge on any atom is -0.0222 e. The molecule has 0 atom stereocenters. The second-order valence-electron chi connectivity index (χ2n) is 6.54. The maximum absolute atomic E-state index is 4.39. The summed E-state index contributed by atoms with van der Waals surface area (Å²) in [5, 5.41) is 0. The molecule has 1 aromatic rings. The third-order valence-electron chi connectivity index (χ3n) is 4.95. The lowest BCUT2D eigenvalue weighted by Crippen LogP contribution is -2.16. The van der Waals surface area contributed by atoms with Crippen molar-refractivity contribution in [2.24, 2.45) is 5.41 Å². The number of benzene rings is 1. The van der Waals surface area contributed by atoms with Crippen LogP contribution in [0.2, 0.25) is 0 Å². The van der Waals surface area contributed by atoms with E-state index in [0.717, 1.165) is 0 Å². The van der Waals surface area contributed by atoms with Crippen molar-refractivity contribution in [1.82, 2.24) is 0 Å². The fourth-order valence-corrected chi connectivity index (χ4v) is 3.69. The number of hydrogen-bond donors (Lipinski definition) is 0. The summed E-state index contributed by atoms with van der Waals surface area (Å²) in [4.78, 5) is 0. The third-order valence-corrected chi connectivity index (χ3v) is 4.95. The van der Waals surface area contributed by atoms with Crippen LogP contribution in [0.25, 0.3) is 5.57 Å². The Morgan fingerprint density at radius 2 is 1.84 bits per heavy atom. The Kier molecular flexibility index (Phi) is 4.50. The lowest BCUT2D eigenvalue weighted by Gasteiger charge is -2.30. The molecule has 0 saturated heterocycles. The predicted octanol–water partition coefficient (Wildman–Crippen LogP) is 6.07. The van der Waals surface area contributed by atoms with Crippen LogP contribution in [-0.2, 0) is 0 Å². The summed E-state index contributed by atoms with van der Waals surface area (Å²) < 4.78 is 0. The van der Waals surface area contributed by atoms with Gasteiger partial charge in [-0.2, -0.15) is 0 Å². The molecule has 0 aromatic heterocycles. The zero-order valence-corrected chi connectivity index (χ0v) is 12.9. The van der Waals surface area contributed by atoms with Crippen molar-refractivity contribution in [2.45, 2.75) is 65.7 Å². The highest BCUT2D eigenvalue weighted by Gasteiger charge is 2.33. The van der Waals surface area contributed by atoms with Crippen LogP contribution in [0.1, 0.15) is 68.6 Å². The molecule has 2 rings (SSSR count). The molecule has 1 aliphatic rings. The zero-order chi connectivity index (χ0) is 13.9. The molecular weight excluding hydrogens is 228 g/mol. The summed E-state index contributed by atoms with van der Waals surface area (Å²) in [6.07, 6.45) is 9.52. The van der Waals surface area contributed by atoms with E-state index in [2.05, 4.69) is 45.5 Å². The van der Waals surface area contributed by atoms with Crippen molar-refractivity contribution in [3.8, 4) is 0 Å². The fourth-order valence-electron chi connectivity index (χ4n) is 3.69. The van der Waals surface area contributed by atoms with Gasteiger partial charge in [0.15, 0.2) is 0 Å². The van der Waals surface area contributed by atoms with Crippen LogP contribution in [0.3, 0.4) is 0 Å². The van der Waals surface area contributed by atoms with E-state index in [0.29, 0.717) is 5.41 Å². The Labute approximate surface area is 118 Å². The van der Waals surface area contributed by atoms with Crippen molar-refractivity contribution in [1.29, 1.82) is 0 Å². The smallest absolute Gasteiger partial charge is 0.0222 e. The highest BCUT2D eigenvalue weighted by Crippen LogP contribution is 2.47. The number of allylic oxidation sites excluding steroid dienone is 1. The first kappa shape index (κ1) is 14.4. The largest absolute Gasteiger partial charge is 0.0952 e. The molecule has 1 saturated carbocycles. The molecule has 0 amide bonds. The number of rotatable bonds is 5. The highest BCUT2D eigenvalue weighted by atomic mass is 14.4. The van der Waals surface area contributed by atoms with Gasteiger partial charge in [0.1, 0.15) is 0 Å². The van der Waals surface area contributed by atoms with Crippen molar-refractivity contribution < 1.29 is 0 Å². The normalized spacial score (nSPS) is 17.6. The minimum absolute atomic E-state index is 0.560. The molecular formula is C19H28. The quantitative estimate of drug-likeness (QED) is 0.600. The molecule has 0 bridgehead atoms. The molecule has 0 heterocycles. The first-order valence-electron chi connectivity index (χ1n) is 7.82. The summed E-state index contributed by atoms with van der Waals surface area (Å²) in [7, 11) is 0. The van der Waals surface area contributed by atoms with Crippen LogP contribution >= 0.6 is 0 Å². The van der Waals surface area contributed by atoms with E-state index < -0.39 is 0 Å². The van der Waals surface area contributed by atoms with Gasteiger partial charge in [0, 0.05) is 0 Å². The molecule has 0 unspecified atom stereocenters. The van der Waals surface area contributed by atoms with Gasteiger partial charge in [-0.25, -0.2) is 0 Å². The molecule has 0 heteroatoms. The van der Waals surface area contributed by atoms with E-state index in [1.54, 1.807) is 0 Å². The SMILES string of the molecule is C=C(CC1(CCC)CCCC1)c1ccc(C)c(C)c1. The molecule has 19 heavy (non-hydrogen) atoms. The topological polar surface area (TPSA) is 0 Å². The summed E-state index contributed by atoms with van der Waals surface area (Å²) in [5.74, 6) is 0. The second-order valence-corrected chi connectivity index (χ2v) is 6.54. The van der Waals surface area contributed by atoms with Gasteiger partial charge < -0.3 is 0 Å². The first-order valence-corrected chi connectivity index (χ1v) is 7.82. The van der Waals surface area contributed by atoms with E-state index in [9.17, 15) is 0 Å². The third kappa shape index (κ3) is 3.29. The second kappa shape index (κ2) is 5.94. The molecule has 1 aromatic carbocycles. The number of aryl methyl sites for hydroxylation is 2. The summed E-state index contributed by atoms with van der Waals surface area (Å²) in [6, 6.07) is 6.79. The van der Waals surface area contributed by atoms with E-state index in [1.165, 1.54) is 67.2 Å². The minimum Gasteiger partial charge on any atom is -0.0952 e. The van der Waals surface area contributed by atoms with E-state index in [-0.39, 0.29) is 0 Å².